The largest absolute Gasteiger partial charge is 0.376 e. The van der Waals surface area contributed by atoms with Gasteiger partial charge in [-0.1, -0.05) is 60.1 Å². The number of sulfonamides is 1. The molecule has 1 saturated heterocycles. The summed E-state index contributed by atoms with van der Waals surface area (Å²) >= 11 is 7.70. The van der Waals surface area contributed by atoms with Gasteiger partial charge in [-0.05, 0) is 105 Å². The van der Waals surface area contributed by atoms with Gasteiger partial charge in [0.15, 0.2) is 0 Å². The van der Waals surface area contributed by atoms with Crippen LogP contribution in [0.1, 0.15) is 27.1 Å². The van der Waals surface area contributed by atoms with Crippen molar-refractivity contribution < 1.29 is 22.9 Å². The van der Waals surface area contributed by atoms with Gasteiger partial charge in [-0.25, -0.2) is 13.1 Å². The number of nitro benzene ring substituents is 1. The Labute approximate surface area is 342 Å². The van der Waals surface area contributed by atoms with Crippen LogP contribution in [-0.4, -0.2) is 93.6 Å². The van der Waals surface area contributed by atoms with Gasteiger partial charge in [0.2, 0.25) is 0 Å². The zero-order valence-corrected chi connectivity index (χ0v) is 33.9. The van der Waals surface area contributed by atoms with Crippen molar-refractivity contribution in [2.75, 3.05) is 62.8 Å². The van der Waals surface area contributed by atoms with E-state index in [-0.39, 0.29) is 23.2 Å². The first-order valence-electron chi connectivity index (χ1n) is 18.3. The Morgan fingerprint density at radius 3 is 2.21 bits per heavy atom. The molecule has 0 spiro atoms. The Morgan fingerprint density at radius 1 is 0.877 bits per heavy atom. The molecular formula is C42H43ClN6O6S2. The van der Waals surface area contributed by atoms with Gasteiger partial charge in [-0.15, -0.1) is 11.8 Å². The molecule has 1 unspecified atom stereocenters. The number of rotatable bonds is 15. The number of amides is 2. The number of piperazine rings is 1. The highest BCUT2D eigenvalue weighted by Gasteiger charge is 2.27. The van der Waals surface area contributed by atoms with E-state index in [1.807, 2.05) is 90.6 Å². The van der Waals surface area contributed by atoms with Gasteiger partial charge in [-0.3, -0.25) is 19.7 Å². The van der Waals surface area contributed by atoms with Crippen molar-refractivity contribution in [2.45, 2.75) is 22.3 Å². The third-order valence-electron chi connectivity index (χ3n) is 9.56. The third kappa shape index (κ3) is 10.7. The molecule has 1 atom stereocenters. The van der Waals surface area contributed by atoms with Crippen LogP contribution in [0.4, 0.5) is 17.1 Å². The van der Waals surface area contributed by atoms with Gasteiger partial charge in [0.05, 0.1) is 9.82 Å². The lowest BCUT2D eigenvalue weighted by Crippen LogP contribution is -2.48. The van der Waals surface area contributed by atoms with Crippen LogP contribution in [0.25, 0.3) is 11.1 Å². The van der Waals surface area contributed by atoms with Gasteiger partial charge >= 0.3 is 0 Å². The first-order valence-corrected chi connectivity index (χ1v) is 21.2. The summed E-state index contributed by atoms with van der Waals surface area (Å²) in [5.41, 5.74) is 3.03. The summed E-state index contributed by atoms with van der Waals surface area (Å²) < 4.78 is 28.8. The number of nitrogens with one attached hydrogen (secondary N) is 2. The number of hydrogen-bond acceptors (Lipinski definition) is 10. The molecule has 2 N–H and O–H groups in total. The van der Waals surface area contributed by atoms with Crippen molar-refractivity contribution in [1.29, 1.82) is 0 Å². The molecule has 0 radical (unpaired) electrons. The van der Waals surface area contributed by atoms with Crippen LogP contribution >= 0.6 is 23.4 Å². The summed E-state index contributed by atoms with van der Waals surface area (Å²) in [7, 11) is -0.566. The average Bonchev–Trinajstić information content (AvgIpc) is 3.22. The highest BCUT2D eigenvalue weighted by molar-refractivity contribution is 7.99. The van der Waals surface area contributed by atoms with E-state index in [4.69, 9.17) is 11.6 Å². The Balaban J connectivity index is 1.07. The monoisotopic (exact) mass is 826 g/mol. The highest BCUT2D eigenvalue weighted by Crippen LogP contribution is 2.31. The van der Waals surface area contributed by atoms with Crippen LogP contribution in [0, 0.1) is 10.1 Å². The van der Waals surface area contributed by atoms with Crippen molar-refractivity contribution in [3.05, 3.63) is 148 Å². The average molecular weight is 827 g/mol. The van der Waals surface area contributed by atoms with Crippen LogP contribution in [0.5, 0.6) is 0 Å². The van der Waals surface area contributed by atoms with Crippen molar-refractivity contribution in [3.63, 3.8) is 0 Å². The highest BCUT2D eigenvalue weighted by atomic mass is 35.5. The number of carbonyl (C=O) groups excluding carboxylic acids is 2. The minimum Gasteiger partial charge on any atom is -0.376 e. The van der Waals surface area contributed by atoms with Crippen molar-refractivity contribution in [1.82, 2.24) is 14.5 Å². The molecule has 0 aromatic heterocycles. The van der Waals surface area contributed by atoms with E-state index < -0.39 is 31.4 Å². The predicted molar refractivity (Wildman–Crippen MR) is 227 cm³/mol. The summed E-state index contributed by atoms with van der Waals surface area (Å²) in [5.74, 6) is -0.310. The normalized spacial score (nSPS) is 13.6. The smallest absolute Gasteiger partial charge is 0.293 e. The van der Waals surface area contributed by atoms with Gasteiger partial charge < -0.3 is 20.0 Å². The standard InChI is InChI=1S/C42H43ClN6O6S2/c1-46(2)23-22-33(29-56-35-8-4-3-5-9-35)44-39-21-20-36(28-40(39)49(52)53)57(54,55)45-41(50)31-14-18-34(19-15-31)47-24-26-48(27-25-47)42(51)38-11-7-6-10-37(38)30-12-16-32(43)17-13-30/h3-21,28,33,44H,22-27,29H2,1-2H3,(H,45,50). The Morgan fingerprint density at radius 2 is 1.54 bits per heavy atom. The molecule has 15 heteroatoms. The molecule has 1 fully saturated rings. The van der Waals surface area contributed by atoms with Crippen LogP contribution in [-0.2, 0) is 10.0 Å². The minimum atomic E-state index is -4.46. The number of nitro groups is 1. The van der Waals surface area contributed by atoms with Crippen LogP contribution < -0.4 is 14.9 Å². The SMILES string of the molecule is CN(C)CCC(CSc1ccccc1)Nc1ccc(S(=O)(=O)NC(=O)c2ccc(N3CCN(C(=O)c4ccccc4-c4ccc(Cl)cc4)CC3)cc2)cc1[N+](=O)[O-]. The van der Waals surface area contributed by atoms with Crippen LogP contribution in [0.2, 0.25) is 5.02 Å². The molecule has 2 amide bonds. The number of carbonyl (C=O) groups is 2. The Bertz CT molecular complexity index is 2300. The van der Waals surface area contributed by atoms with Crippen LogP contribution in [0.3, 0.4) is 0 Å². The summed E-state index contributed by atoms with van der Waals surface area (Å²) in [6.07, 6.45) is 0.690. The molecule has 0 saturated carbocycles. The first kappa shape index (κ1) is 41.2. The summed E-state index contributed by atoms with van der Waals surface area (Å²) in [6.45, 7) is 2.82. The fourth-order valence-electron chi connectivity index (χ4n) is 6.45. The van der Waals surface area contributed by atoms with E-state index in [0.717, 1.165) is 34.3 Å². The number of nitrogens with zero attached hydrogens (tertiary/aromatic N) is 4. The van der Waals surface area contributed by atoms with Crippen LogP contribution in [0.15, 0.2) is 131 Å². The maximum Gasteiger partial charge on any atom is 0.293 e. The van der Waals surface area contributed by atoms with Gasteiger partial charge in [0, 0.05) is 70.8 Å². The second kappa shape index (κ2) is 18.7. The number of hydrogen-bond donors (Lipinski definition) is 2. The Hall–Kier alpha value is -5.41. The second-order valence-electron chi connectivity index (χ2n) is 13.8. The molecule has 0 aliphatic carbocycles. The van der Waals surface area contributed by atoms with E-state index in [1.165, 1.54) is 24.3 Å². The molecule has 0 bridgehead atoms. The molecule has 5 aromatic rings. The maximum absolute atomic E-state index is 13.6. The summed E-state index contributed by atoms with van der Waals surface area (Å²) in [6, 6.07) is 34.6. The lowest BCUT2D eigenvalue weighted by molar-refractivity contribution is -0.384. The fourth-order valence-corrected chi connectivity index (χ4v) is 8.56. The molecule has 1 heterocycles. The molecule has 296 valence electrons. The first-order chi connectivity index (χ1) is 27.4. The number of benzene rings is 5. The van der Waals surface area contributed by atoms with E-state index in [1.54, 1.807) is 36.0 Å². The van der Waals surface area contributed by atoms with Crippen molar-refractivity contribution >= 4 is 62.3 Å². The third-order valence-corrected chi connectivity index (χ3v) is 12.3. The molecule has 5 aromatic carbocycles. The molecule has 57 heavy (non-hydrogen) atoms. The quantitative estimate of drug-likeness (QED) is 0.0618. The maximum atomic E-state index is 13.6. The molecule has 1 aliphatic rings. The molecular weight excluding hydrogens is 784 g/mol. The lowest BCUT2D eigenvalue weighted by Gasteiger charge is -2.36. The van der Waals surface area contributed by atoms with Crippen molar-refractivity contribution in [3.8, 4) is 11.1 Å². The number of thioether (sulfide) groups is 1. The van der Waals surface area contributed by atoms with E-state index in [9.17, 15) is 28.1 Å². The van der Waals surface area contributed by atoms with Gasteiger partial charge in [-0.2, -0.15) is 0 Å². The Kier molecular flexibility index (Phi) is 13.5. The van der Waals surface area contributed by atoms with E-state index in [0.29, 0.717) is 48.9 Å². The molecule has 6 rings (SSSR count). The summed E-state index contributed by atoms with van der Waals surface area (Å²) in [4.78, 5) is 44.9. The van der Waals surface area contributed by atoms with Crippen molar-refractivity contribution in [2.24, 2.45) is 0 Å². The van der Waals surface area contributed by atoms with Gasteiger partial charge in [0.1, 0.15) is 5.69 Å². The zero-order valence-electron chi connectivity index (χ0n) is 31.5. The number of anilines is 2. The minimum absolute atomic E-state index is 0.0631. The number of halogens is 1. The predicted octanol–water partition coefficient (Wildman–Crippen LogP) is 7.52. The van der Waals surface area contributed by atoms with Gasteiger partial charge in [0.25, 0.3) is 27.5 Å². The molecule has 1 aliphatic heterocycles. The zero-order chi connectivity index (χ0) is 40.5. The second-order valence-corrected chi connectivity index (χ2v) is 17.0. The van der Waals surface area contributed by atoms with E-state index in [2.05, 4.69) is 14.9 Å². The van der Waals surface area contributed by atoms with E-state index >= 15 is 0 Å². The molecule has 12 nitrogen and oxygen atoms in total. The lowest BCUT2D eigenvalue weighted by atomic mass is 9.98. The summed E-state index contributed by atoms with van der Waals surface area (Å²) in [5, 5.41) is 16.0. The fraction of sp³-hybridized carbons (Fsp3) is 0.238. The topological polar surface area (TPSA) is 145 Å².